The lowest BCUT2D eigenvalue weighted by atomic mass is 10.1. The van der Waals surface area contributed by atoms with Crippen LogP contribution in [0.3, 0.4) is 0 Å². The Balaban J connectivity index is 2.70. The number of methoxy groups -OCH3 is 1. The highest BCUT2D eigenvalue weighted by Gasteiger charge is 2.12. The number of ether oxygens (including phenoxy) is 2. The highest BCUT2D eigenvalue weighted by molar-refractivity contribution is 6.30. The van der Waals surface area contributed by atoms with Crippen LogP contribution in [0.1, 0.15) is 24.9 Å². The highest BCUT2D eigenvalue weighted by Crippen LogP contribution is 2.27. The maximum atomic E-state index is 6.01. The number of hydrogen-bond acceptors (Lipinski definition) is 3. The molecule has 0 aliphatic rings. The summed E-state index contributed by atoms with van der Waals surface area (Å²) in [5, 5.41) is 0.641. The van der Waals surface area contributed by atoms with Crippen LogP contribution in [0, 0.1) is 0 Å². The second-order valence-corrected chi connectivity index (χ2v) is 4.00. The van der Waals surface area contributed by atoms with Crippen molar-refractivity contribution in [2.45, 2.75) is 19.4 Å². The van der Waals surface area contributed by atoms with Crippen LogP contribution in [-0.2, 0) is 4.74 Å². The van der Waals surface area contributed by atoms with Gasteiger partial charge >= 0.3 is 0 Å². The van der Waals surface area contributed by atoms with Crippen LogP contribution in [0.2, 0.25) is 5.02 Å². The van der Waals surface area contributed by atoms with Crippen LogP contribution in [0.4, 0.5) is 0 Å². The standard InChI is InChI=1S/C12H18ClNO2/c1-3-6-16-8-11(14)10-5-4-9(13)7-12(10)15-2/h4-5,7,11H,3,6,8,14H2,1-2H3. The van der Waals surface area contributed by atoms with Crippen molar-refractivity contribution in [1.82, 2.24) is 0 Å². The first-order valence-electron chi connectivity index (χ1n) is 5.35. The van der Waals surface area contributed by atoms with Crippen molar-refractivity contribution in [3.05, 3.63) is 28.8 Å². The van der Waals surface area contributed by atoms with Gasteiger partial charge in [-0.2, -0.15) is 0 Å². The summed E-state index contributed by atoms with van der Waals surface area (Å²) in [5.41, 5.74) is 6.93. The fraction of sp³-hybridized carbons (Fsp3) is 0.500. The van der Waals surface area contributed by atoms with Gasteiger partial charge in [0.05, 0.1) is 19.8 Å². The topological polar surface area (TPSA) is 44.5 Å². The van der Waals surface area contributed by atoms with E-state index in [0.29, 0.717) is 17.4 Å². The first-order valence-corrected chi connectivity index (χ1v) is 5.73. The molecule has 1 aromatic carbocycles. The minimum atomic E-state index is -0.182. The summed E-state index contributed by atoms with van der Waals surface area (Å²) in [6.07, 6.45) is 0.991. The zero-order valence-electron chi connectivity index (χ0n) is 9.70. The summed E-state index contributed by atoms with van der Waals surface area (Å²) >= 11 is 5.88. The normalized spacial score (nSPS) is 12.5. The fourth-order valence-electron chi connectivity index (χ4n) is 1.44. The predicted molar refractivity (Wildman–Crippen MR) is 66.0 cm³/mol. The van der Waals surface area contributed by atoms with Gasteiger partial charge in [-0.25, -0.2) is 0 Å². The van der Waals surface area contributed by atoms with E-state index in [9.17, 15) is 0 Å². The third-order valence-electron chi connectivity index (χ3n) is 2.24. The van der Waals surface area contributed by atoms with Crippen LogP contribution >= 0.6 is 11.6 Å². The molecule has 0 spiro atoms. The van der Waals surface area contributed by atoms with E-state index >= 15 is 0 Å². The van der Waals surface area contributed by atoms with Crippen LogP contribution in [-0.4, -0.2) is 20.3 Å². The van der Waals surface area contributed by atoms with Gasteiger partial charge in [-0.15, -0.1) is 0 Å². The van der Waals surface area contributed by atoms with Gasteiger partial charge in [0.15, 0.2) is 0 Å². The third kappa shape index (κ3) is 3.67. The molecule has 0 fully saturated rings. The zero-order valence-corrected chi connectivity index (χ0v) is 10.5. The number of benzene rings is 1. The number of rotatable bonds is 6. The van der Waals surface area contributed by atoms with E-state index in [-0.39, 0.29) is 6.04 Å². The van der Waals surface area contributed by atoms with Crippen molar-refractivity contribution in [2.75, 3.05) is 20.3 Å². The molecule has 0 saturated carbocycles. The van der Waals surface area contributed by atoms with E-state index in [2.05, 4.69) is 6.92 Å². The molecule has 1 unspecified atom stereocenters. The molecule has 90 valence electrons. The largest absolute Gasteiger partial charge is 0.496 e. The van der Waals surface area contributed by atoms with Crippen LogP contribution < -0.4 is 10.5 Å². The smallest absolute Gasteiger partial charge is 0.125 e. The van der Waals surface area contributed by atoms with Gasteiger partial charge in [0, 0.05) is 17.2 Å². The molecule has 0 bridgehead atoms. The molecule has 3 nitrogen and oxygen atoms in total. The Labute approximate surface area is 101 Å². The molecule has 0 aliphatic carbocycles. The Kier molecular flexibility index (Phi) is 5.60. The number of hydrogen-bond donors (Lipinski definition) is 1. The number of nitrogens with two attached hydrogens (primary N) is 1. The molecule has 0 saturated heterocycles. The second-order valence-electron chi connectivity index (χ2n) is 3.57. The van der Waals surface area contributed by atoms with Crippen molar-refractivity contribution >= 4 is 11.6 Å². The lowest BCUT2D eigenvalue weighted by Crippen LogP contribution is -2.18. The molecule has 2 N–H and O–H groups in total. The minimum Gasteiger partial charge on any atom is -0.496 e. The monoisotopic (exact) mass is 243 g/mol. The van der Waals surface area contributed by atoms with Crippen molar-refractivity contribution in [3.63, 3.8) is 0 Å². The second kappa shape index (κ2) is 6.74. The molecule has 0 aromatic heterocycles. The summed E-state index contributed by atoms with van der Waals surface area (Å²) in [5.74, 6) is 0.708. The average molecular weight is 244 g/mol. The molecule has 0 aliphatic heterocycles. The summed E-state index contributed by atoms with van der Waals surface area (Å²) in [6.45, 7) is 3.28. The van der Waals surface area contributed by atoms with E-state index in [1.54, 1.807) is 19.2 Å². The summed E-state index contributed by atoms with van der Waals surface area (Å²) < 4.78 is 10.6. The summed E-state index contributed by atoms with van der Waals surface area (Å²) in [6, 6.07) is 5.26. The predicted octanol–water partition coefficient (Wildman–Crippen LogP) is 2.78. The van der Waals surface area contributed by atoms with Crippen molar-refractivity contribution in [1.29, 1.82) is 0 Å². The first-order chi connectivity index (χ1) is 7.69. The molecule has 16 heavy (non-hydrogen) atoms. The van der Waals surface area contributed by atoms with Gasteiger partial charge in [0.2, 0.25) is 0 Å². The Morgan fingerprint density at radius 2 is 2.19 bits per heavy atom. The van der Waals surface area contributed by atoms with Gasteiger partial charge in [-0.1, -0.05) is 24.6 Å². The first kappa shape index (κ1) is 13.3. The van der Waals surface area contributed by atoms with Crippen molar-refractivity contribution in [3.8, 4) is 5.75 Å². The average Bonchev–Trinajstić information content (AvgIpc) is 2.29. The van der Waals surface area contributed by atoms with E-state index in [0.717, 1.165) is 18.6 Å². The van der Waals surface area contributed by atoms with Crippen molar-refractivity contribution < 1.29 is 9.47 Å². The molecular formula is C12H18ClNO2. The van der Waals surface area contributed by atoms with Crippen molar-refractivity contribution in [2.24, 2.45) is 5.73 Å². The van der Waals surface area contributed by atoms with E-state index in [1.807, 2.05) is 6.07 Å². The molecule has 0 radical (unpaired) electrons. The van der Waals surface area contributed by atoms with Gasteiger partial charge in [-0.3, -0.25) is 0 Å². The van der Waals surface area contributed by atoms with Crippen LogP contribution in [0.25, 0.3) is 0 Å². The Morgan fingerprint density at radius 1 is 1.44 bits per heavy atom. The summed E-state index contributed by atoms with van der Waals surface area (Å²) in [7, 11) is 1.61. The quantitative estimate of drug-likeness (QED) is 0.782. The lowest BCUT2D eigenvalue weighted by Gasteiger charge is -2.16. The highest BCUT2D eigenvalue weighted by atomic mass is 35.5. The maximum absolute atomic E-state index is 6.01. The Hall–Kier alpha value is -0.770. The molecule has 4 heteroatoms. The van der Waals surface area contributed by atoms with Gasteiger partial charge in [0.1, 0.15) is 5.75 Å². The summed E-state index contributed by atoms with van der Waals surface area (Å²) in [4.78, 5) is 0. The molecule has 1 rings (SSSR count). The third-order valence-corrected chi connectivity index (χ3v) is 2.48. The fourth-order valence-corrected chi connectivity index (χ4v) is 1.60. The van der Waals surface area contributed by atoms with Crippen LogP contribution in [0.5, 0.6) is 5.75 Å². The Bertz CT molecular complexity index is 331. The van der Waals surface area contributed by atoms with Crippen LogP contribution in [0.15, 0.2) is 18.2 Å². The van der Waals surface area contributed by atoms with E-state index in [4.69, 9.17) is 26.8 Å². The lowest BCUT2D eigenvalue weighted by molar-refractivity contribution is 0.121. The zero-order chi connectivity index (χ0) is 12.0. The molecule has 0 heterocycles. The molecule has 1 atom stereocenters. The SMILES string of the molecule is CCCOCC(N)c1ccc(Cl)cc1OC. The van der Waals surface area contributed by atoms with Gasteiger partial charge in [-0.05, 0) is 18.6 Å². The number of halogens is 1. The van der Waals surface area contributed by atoms with E-state index < -0.39 is 0 Å². The Morgan fingerprint density at radius 3 is 2.81 bits per heavy atom. The molecular weight excluding hydrogens is 226 g/mol. The van der Waals surface area contributed by atoms with Gasteiger partial charge < -0.3 is 15.2 Å². The molecule has 1 aromatic rings. The van der Waals surface area contributed by atoms with E-state index in [1.165, 1.54) is 0 Å². The maximum Gasteiger partial charge on any atom is 0.125 e. The van der Waals surface area contributed by atoms with Gasteiger partial charge in [0.25, 0.3) is 0 Å². The minimum absolute atomic E-state index is 0.182. The molecule has 0 amide bonds.